The van der Waals surface area contributed by atoms with Crippen LogP contribution in [0.15, 0.2) is 143 Å². The van der Waals surface area contributed by atoms with E-state index < -0.39 is 21.9 Å². The van der Waals surface area contributed by atoms with Crippen LogP contribution in [0.3, 0.4) is 0 Å². The normalized spacial score (nSPS) is 13.9. The van der Waals surface area contributed by atoms with Gasteiger partial charge in [-0.2, -0.15) is 23.7 Å². The molecule has 14 nitrogen and oxygen atoms in total. The Morgan fingerprint density at radius 1 is 0.816 bits per heavy atom. The Balaban J connectivity index is 0.00000541. The number of nitrogens with zero attached hydrogens (tertiary/aromatic N) is 5. The minimum Gasteiger partial charge on any atom is -0.478 e. The van der Waals surface area contributed by atoms with Crippen LogP contribution in [0.25, 0.3) is 0 Å². The molecule has 0 heterocycles. The summed E-state index contributed by atoms with van der Waals surface area (Å²) in [5.41, 5.74) is 18.5. The molecular weight excluding hydrogens is 680 g/mol. The number of carbonyl (C=O) groups excluding carboxylic acids is 1. The summed E-state index contributed by atoms with van der Waals surface area (Å²) in [6.07, 6.45) is 3.81. The number of nitrogens with one attached hydrogen (secondary N) is 1. The van der Waals surface area contributed by atoms with Gasteiger partial charge in [0.25, 0.3) is 10.1 Å². The number of ketones is 1. The summed E-state index contributed by atoms with van der Waals surface area (Å²) < 4.78 is 31.7. The fraction of sp³-hybridized carbons (Fsp3) is 0.0312. The van der Waals surface area contributed by atoms with Gasteiger partial charge >= 0.3 is 35.5 Å². The maximum Gasteiger partial charge on any atom is 1.00 e. The second-order valence-corrected chi connectivity index (χ2v) is 12.7. The summed E-state index contributed by atoms with van der Waals surface area (Å²) in [6, 6.07) is 21.7. The Hall–Kier alpha value is -4.97. The zero-order valence-corrected chi connectivity index (χ0v) is 29.6. The largest absolute Gasteiger partial charge is 1.00 e. The molecule has 0 bridgehead atoms. The van der Waals surface area contributed by atoms with Crippen LogP contribution in [0, 0.1) is 6.92 Å². The summed E-state index contributed by atoms with van der Waals surface area (Å²) in [4.78, 5) is 24.4. The molecular formula is C32H26N8NaO6S2+. The Kier molecular flexibility index (Phi) is 12.0. The van der Waals surface area contributed by atoms with Crippen LogP contribution < -0.4 is 46.5 Å². The van der Waals surface area contributed by atoms with Gasteiger partial charge in [-0.1, -0.05) is 11.8 Å². The summed E-state index contributed by atoms with van der Waals surface area (Å²) in [5, 5.41) is 30.1. The van der Waals surface area contributed by atoms with Crippen LogP contribution in [0.1, 0.15) is 5.56 Å². The van der Waals surface area contributed by atoms with Crippen molar-refractivity contribution in [2.75, 3.05) is 16.9 Å². The number of hydrogen-bond donors (Lipinski definition) is 5. The molecule has 0 amide bonds. The third kappa shape index (κ3) is 9.56. The molecule has 0 spiro atoms. The van der Waals surface area contributed by atoms with E-state index in [0.717, 1.165) is 15.9 Å². The van der Waals surface area contributed by atoms with E-state index in [0.29, 0.717) is 39.7 Å². The van der Waals surface area contributed by atoms with Gasteiger partial charge in [-0.3, -0.25) is 14.8 Å². The summed E-state index contributed by atoms with van der Waals surface area (Å²) in [7, 11) is -4.33. The van der Waals surface area contributed by atoms with E-state index in [-0.39, 0.29) is 51.4 Å². The molecule has 242 valence electrons. The first-order valence-corrected chi connectivity index (χ1v) is 16.1. The van der Waals surface area contributed by atoms with Gasteiger partial charge in [0.15, 0.2) is 5.78 Å². The molecule has 0 radical (unpaired) electrons. The van der Waals surface area contributed by atoms with Crippen molar-refractivity contribution in [1.29, 1.82) is 0 Å². The number of carboxylic acid groups (broad SMARTS) is 1. The number of aliphatic carboxylic acids is 1. The molecule has 0 unspecified atom stereocenters. The number of carboxylic acids is 1. The van der Waals surface area contributed by atoms with E-state index in [1.807, 2.05) is 36.4 Å². The molecule has 1 aliphatic carbocycles. The van der Waals surface area contributed by atoms with E-state index in [1.165, 1.54) is 48.2 Å². The van der Waals surface area contributed by atoms with Crippen LogP contribution in [-0.2, 0) is 19.7 Å². The van der Waals surface area contributed by atoms with Crippen molar-refractivity contribution < 1.29 is 57.2 Å². The molecule has 0 atom stereocenters. The molecule has 17 heteroatoms. The van der Waals surface area contributed by atoms with Crippen molar-refractivity contribution in [3.8, 4) is 0 Å². The zero-order valence-electron chi connectivity index (χ0n) is 26.0. The predicted molar refractivity (Wildman–Crippen MR) is 183 cm³/mol. The van der Waals surface area contributed by atoms with E-state index >= 15 is 0 Å². The van der Waals surface area contributed by atoms with E-state index in [9.17, 15) is 18.0 Å². The van der Waals surface area contributed by atoms with Gasteiger partial charge < -0.3 is 16.6 Å². The Morgan fingerprint density at radius 2 is 1.39 bits per heavy atom. The first-order chi connectivity index (χ1) is 22.9. The smallest absolute Gasteiger partial charge is 0.478 e. The molecule has 1 aliphatic rings. The van der Waals surface area contributed by atoms with Crippen molar-refractivity contribution in [3.05, 3.63) is 108 Å². The standard InChI is InChI=1S/C32H26N8O6S2.Na/c1-18-16-27(30(34)31(29(18)33)40-37-21-6-13-25(14-7-21)48(44,45)46)39-36-20-4-11-24(12-5-20)47-23-9-2-19(3-10-23)35-38-22-8-15-28(41)26(17-22)32(42)43;/h2-17,35H,33-34H2,1H3,(H,42,43)(H,44,45,46);/q;+1/b38-22+,39-36?,40-37?;. The number of azo groups is 2. The van der Waals surface area contributed by atoms with Crippen LogP contribution in [-0.4, -0.2) is 35.5 Å². The number of anilines is 3. The van der Waals surface area contributed by atoms with Crippen molar-refractivity contribution in [2.24, 2.45) is 25.6 Å². The Labute approximate surface area is 306 Å². The number of nitrogens with two attached hydrogens (primary N) is 2. The van der Waals surface area contributed by atoms with Crippen molar-refractivity contribution in [2.45, 2.75) is 21.6 Å². The summed E-state index contributed by atoms with van der Waals surface area (Å²) >= 11 is 1.52. The van der Waals surface area contributed by atoms with E-state index in [1.54, 1.807) is 25.1 Å². The molecule has 4 aromatic carbocycles. The van der Waals surface area contributed by atoms with Crippen LogP contribution in [0.4, 0.5) is 39.8 Å². The second kappa shape index (κ2) is 16.0. The molecule has 0 saturated carbocycles. The maximum absolute atomic E-state index is 11.6. The first kappa shape index (κ1) is 36.9. The second-order valence-electron chi connectivity index (χ2n) is 10.1. The van der Waals surface area contributed by atoms with Crippen LogP contribution in [0.2, 0.25) is 0 Å². The minimum absolute atomic E-state index is 0. The Morgan fingerprint density at radius 3 is 1.98 bits per heavy atom. The number of carbonyl (C=O) groups is 2. The third-order valence-electron chi connectivity index (χ3n) is 6.67. The zero-order chi connectivity index (χ0) is 34.4. The van der Waals surface area contributed by atoms with E-state index in [4.69, 9.17) is 21.1 Å². The van der Waals surface area contributed by atoms with Gasteiger partial charge in [-0.25, -0.2) is 4.79 Å². The molecule has 0 saturated heterocycles. The fourth-order valence-electron chi connectivity index (χ4n) is 4.11. The summed E-state index contributed by atoms with van der Waals surface area (Å²) in [5.74, 6) is -1.89. The number of allylic oxidation sites excluding steroid dienone is 3. The maximum atomic E-state index is 11.6. The van der Waals surface area contributed by atoms with Gasteiger partial charge in [-0.05, 0) is 110 Å². The van der Waals surface area contributed by atoms with Gasteiger partial charge in [-0.15, -0.1) is 10.2 Å². The number of benzene rings is 4. The average molecular weight is 706 g/mol. The molecule has 5 rings (SSSR count). The molecule has 4 aromatic rings. The minimum atomic E-state index is -4.33. The molecule has 0 aliphatic heterocycles. The predicted octanol–water partition coefficient (Wildman–Crippen LogP) is 4.31. The molecule has 49 heavy (non-hydrogen) atoms. The number of rotatable bonds is 10. The quantitative estimate of drug-likeness (QED) is 0.0298. The molecule has 7 N–H and O–H groups in total. The van der Waals surface area contributed by atoms with Gasteiger partial charge in [0.05, 0.1) is 39.0 Å². The van der Waals surface area contributed by atoms with Crippen LogP contribution in [0.5, 0.6) is 0 Å². The number of hydrogen-bond acceptors (Lipinski definition) is 13. The Bertz CT molecular complexity index is 2170. The van der Waals surface area contributed by atoms with Gasteiger partial charge in [0, 0.05) is 9.79 Å². The van der Waals surface area contributed by atoms with Crippen LogP contribution >= 0.6 is 11.8 Å². The molecule has 0 aromatic heterocycles. The first-order valence-electron chi connectivity index (χ1n) is 13.9. The number of nitrogen functional groups attached to an aromatic ring is 2. The van der Waals surface area contributed by atoms with E-state index in [2.05, 4.69) is 31.0 Å². The van der Waals surface area contributed by atoms with Crippen molar-refractivity contribution in [1.82, 2.24) is 0 Å². The monoisotopic (exact) mass is 705 g/mol. The topological polar surface area (TPSA) is 235 Å². The van der Waals surface area contributed by atoms with Gasteiger partial charge in [0.1, 0.15) is 16.9 Å². The number of aryl methyl sites for hydroxylation is 1. The van der Waals surface area contributed by atoms with Gasteiger partial charge in [0.2, 0.25) is 0 Å². The average Bonchev–Trinajstić information content (AvgIpc) is 3.06. The fourth-order valence-corrected chi connectivity index (χ4v) is 5.40. The van der Waals surface area contributed by atoms with Crippen molar-refractivity contribution >= 4 is 79.2 Å². The summed E-state index contributed by atoms with van der Waals surface area (Å²) in [6.45, 7) is 1.77. The van der Waals surface area contributed by atoms with Crippen molar-refractivity contribution in [3.63, 3.8) is 0 Å². The third-order valence-corrected chi connectivity index (χ3v) is 8.56. The SMILES string of the molecule is Cc1cc(N=Nc2ccc(Sc3ccc(N/N=C4\C=CC(=O)C(C(=O)O)=C4)cc3)cc2)c(N)c(N=Nc2ccc(S(=O)(=O)O)cc2)c1N.[Na+]. The number of hydrazone groups is 1. The molecule has 0 fully saturated rings.